The van der Waals surface area contributed by atoms with Gasteiger partial charge in [-0.25, -0.2) is 4.79 Å². The molecule has 1 fully saturated rings. The Hall–Kier alpha value is -1.80. The van der Waals surface area contributed by atoms with Crippen molar-refractivity contribution >= 4 is 6.09 Å². The second kappa shape index (κ2) is 4.64. The zero-order valence-electron chi connectivity index (χ0n) is 11.2. The Morgan fingerprint density at radius 2 is 1.90 bits per heavy atom. The number of hydrogen-bond acceptors (Lipinski definition) is 5. The summed E-state index contributed by atoms with van der Waals surface area (Å²) in [5, 5.41) is 6.30. The maximum Gasteiger partial charge on any atom is 0.470 e. The van der Waals surface area contributed by atoms with E-state index in [-0.39, 0.29) is 24.9 Å². The van der Waals surface area contributed by atoms with Gasteiger partial charge in [0.1, 0.15) is 5.60 Å². The van der Waals surface area contributed by atoms with Crippen molar-refractivity contribution in [3.63, 3.8) is 0 Å². The third-order valence-electron chi connectivity index (χ3n) is 2.57. The van der Waals surface area contributed by atoms with Crippen molar-refractivity contribution in [2.45, 2.75) is 38.5 Å². The van der Waals surface area contributed by atoms with Crippen LogP contribution < -0.4 is 0 Å². The van der Waals surface area contributed by atoms with Gasteiger partial charge in [0.05, 0.1) is 5.92 Å². The number of rotatable bonds is 1. The Labute approximate surface area is 112 Å². The molecule has 2 heterocycles. The van der Waals surface area contributed by atoms with E-state index < -0.39 is 23.8 Å². The predicted molar refractivity (Wildman–Crippen MR) is 59.8 cm³/mol. The van der Waals surface area contributed by atoms with Crippen LogP contribution in [0.15, 0.2) is 4.42 Å². The number of carbonyl (C=O) groups excluding carboxylic acids is 1. The first-order valence-corrected chi connectivity index (χ1v) is 5.95. The molecule has 6 nitrogen and oxygen atoms in total. The van der Waals surface area contributed by atoms with Crippen molar-refractivity contribution in [2.75, 3.05) is 13.1 Å². The van der Waals surface area contributed by atoms with E-state index in [0.29, 0.717) is 0 Å². The van der Waals surface area contributed by atoms with Gasteiger partial charge in [-0.1, -0.05) is 0 Å². The molecule has 1 aromatic rings. The number of halogens is 3. The average Bonchev–Trinajstić information content (AvgIpc) is 2.60. The number of alkyl halides is 3. The zero-order valence-corrected chi connectivity index (χ0v) is 11.2. The Balaban J connectivity index is 1.90. The van der Waals surface area contributed by atoms with Crippen LogP contribution in [-0.2, 0) is 10.9 Å². The van der Waals surface area contributed by atoms with Crippen molar-refractivity contribution in [3.8, 4) is 0 Å². The lowest BCUT2D eigenvalue weighted by Gasteiger charge is -2.37. The SMILES string of the molecule is CC(C)(C)OC(=O)N1CC(c2nnc(C(F)(F)F)o2)C1. The molecule has 9 heteroatoms. The number of aromatic nitrogens is 2. The highest BCUT2D eigenvalue weighted by Crippen LogP contribution is 2.32. The Bertz CT molecular complexity index is 501. The van der Waals surface area contributed by atoms with E-state index in [1.807, 2.05) is 0 Å². The maximum absolute atomic E-state index is 12.3. The summed E-state index contributed by atoms with van der Waals surface area (Å²) in [6, 6.07) is 0. The van der Waals surface area contributed by atoms with E-state index in [9.17, 15) is 18.0 Å². The molecule has 0 aromatic carbocycles. The molecule has 20 heavy (non-hydrogen) atoms. The Morgan fingerprint density at radius 1 is 1.30 bits per heavy atom. The van der Waals surface area contributed by atoms with Crippen LogP contribution in [0.5, 0.6) is 0 Å². The van der Waals surface area contributed by atoms with Crippen molar-refractivity contribution < 1.29 is 27.1 Å². The second-order valence-corrected chi connectivity index (χ2v) is 5.53. The zero-order chi connectivity index (χ0) is 15.1. The standard InChI is InChI=1S/C11H14F3N3O3/c1-10(2,3)20-9(18)17-4-6(5-17)7-15-16-8(19-7)11(12,13)14/h6H,4-5H2,1-3H3. The summed E-state index contributed by atoms with van der Waals surface area (Å²) in [4.78, 5) is 13.0. The molecule has 0 radical (unpaired) electrons. The number of ether oxygens (including phenoxy) is 1. The van der Waals surface area contributed by atoms with Gasteiger partial charge in [-0.2, -0.15) is 13.2 Å². The lowest BCUT2D eigenvalue weighted by atomic mass is 10.0. The van der Waals surface area contributed by atoms with E-state index in [1.165, 1.54) is 4.90 Å². The lowest BCUT2D eigenvalue weighted by Crippen LogP contribution is -2.50. The van der Waals surface area contributed by atoms with E-state index in [2.05, 4.69) is 14.6 Å². The summed E-state index contributed by atoms with van der Waals surface area (Å²) in [6.07, 6.45) is -5.16. The maximum atomic E-state index is 12.3. The lowest BCUT2D eigenvalue weighted by molar-refractivity contribution is -0.157. The van der Waals surface area contributed by atoms with Crippen molar-refractivity contribution in [2.24, 2.45) is 0 Å². The Morgan fingerprint density at radius 3 is 2.35 bits per heavy atom. The smallest absolute Gasteiger partial charge is 0.444 e. The largest absolute Gasteiger partial charge is 0.470 e. The summed E-state index contributed by atoms with van der Waals surface area (Å²) in [5.41, 5.74) is -0.615. The van der Waals surface area contributed by atoms with Crippen LogP contribution in [0.25, 0.3) is 0 Å². The number of nitrogens with zero attached hydrogens (tertiary/aromatic N) is 3. The quantitative estimate of drug-likeness (QED) is 0.795. The van der Waals surface area contributed by atoms with Gasteiger partial charge >= 0.3 is 18.2 Å². The van der Waals surface area contributed by atoms with Crippen molar-refractivity contribution in [3.05, 3.63) is 11.8 Å². The molecule has 1 aliphatic rings. The molecule has 0 spiro atoms. The van der Waals surface area contributed by atoms with Gasteiger partial charge in [0.25, 0.3) is 0 Å². The van der Waals surface area contributed by atoms with Gasteiger partial charge in [-0.05, 0) is 20.8 Å². The summed E-state index contributed by atoms with van der Waals surface area (Å²) in [5.74, 6) is -1.87. The monoisotopic (exact) mass is 293 g/mol. The molecule has 2 rings (SSSR count). The molecule has 1 aliphatic heterocycles. The third kappa shape index (κ3) is 3.20. The summed E-state index contributed by atoms with van der Waals surface area (Å²) in [6.45, 7) is 5.60. The van der Waals surface area contributed by atoms with Crippen LogP contribution in [0.4, 0.5) is 18.0 Å². The molecule has 1 amide bonds. The van der Waals surface area contributed by atoms with Crippen LogP contribution in [0.1, 0.15) is 38.5 Å². The normalized spacial score (nSPS) is 17.0. The first-order valence-electron chi connectivity index (χ1n) is 5.95. The molecular weight excluding hydrogens is 279 g/mol. The molecular formula is C11H14F3N3O3. The van der Waals surface area contributed by atoms with Crippen LogP contribution in [0, 0.1) is 0 Å². The number of amides is 1. The van der Waals surface area contributed by atoms with Crippen LogP contribution in [-0.4, -0.2) is 39.9 Å². The molecule has 0 saturated carbocycles. The second-order valence-electron chi connectivity index (χ2n) is 5.53. The minimum atomic E-state index is -4.65. The number of carbonyl (C=O) groups is 1. The van der Waals surface area contributed by atoms with E-state index in [4.69, 9.17) is 4.74 Å². The summed E-state index contributed by atoms with van der Waals surface area (Å²) in [7, 11) is 0. The van der Waals surface area contributed by atoms with Crippen LogP contribution in [0.2, 0.25) is 0 Å². The number of hydrogen-bond donors (Lipinski definition) is 0. The molecule has 112 valence electrons. The molecule has 1 aromatic heterocycles. The van der Waals surface area contributed by atoms with Crippen molar-refractivity contribution in [1.29, 1.82) is 0 Å². The van der Waals surface area contributed by atoms with Gasteiger partial charge in [-0.3, -0.25) is 0 Å². The highest BCUT2D eigenvalue weighted by Gasteiger charge is 2.42. The molecule has 0 unspecified atom stereocenters. The van der Waals surface area contributed by atoms with E-state index in [0.717, 1.165) is 0 Å². The third-order valence-corrected chi connectivity index (χ3v) is 2.57. The van der Waals surface area contributed by atoms with Crippen LogP contribution >= 0.6 is 0 Å². The Kier molecular flexibility index (Phi) is 3.39. The summed E-state index contributed by atoms with van der Waals surface area (Å²) < 4.78 is 46.6. The van der Waals surface area contributed by atoms with Gasteiger partial charge in [0.15, 0.2) is 0 Å². The topological polar surface area (TPSA) is 68.5 Å². The fraction of sp³-hybridized carbons (Fsp3) is 0.727. The van der Waals surface area contributed by atoms with Gasteiger partial charge in [0.2, 0.25) is 5.89 Å². The van der Waals surface area contributed by atoms with Gasteiger partial charge < -0.3 is 14.1 Å². The minimum absolute atomic E-state index is 0.114. The predicted octanol–water partition coefficient (Wildman–Crippen LogP) is 2.42. The fourth-order valence-corrected chi connectivity index (χ4v) is 1.62. The van der Waals surface area contributed by atoms with Gasteiger partial charge in [-0.15, -0.1) is 10.2 Å². The molecule has 0 aliphatic carbocycles. The average molecular weight is 293 g/mol. The molecule has 0 atom stereocenters. The molecule has 0 N–H and O–H groups in total. The van der Waals surface area contributed by atoms with Gasteiger partial charge in [0, 0.05) is 13.1 Å². The summed E-state index contributed by atoms with van der Waals surface area (Å²) >= 11 is 0. The minimum Gasteiger partial charge on any atom is -0.444 e. The highest BCUT2D eigenvalue weighted by atomic mass is 19.4. The first kappa shape index (κ1) is 14.6. The van der Waals surface area contributed by atoms with E-state index >= 15 is 0 Å². The fourth-order valence-electron chi connectivity index (χ4n) is 1.62. The first-order chi connectivity index (χ1) is 9.06. The molecule has 0 bridgehead atoms. The van der Waals surface area contributed by atoms with Crippen LogP contribution in [0.3, 0.4) is 0 Å². The van der Waals surface area contributed by atoms with E-state index in [1.54, 1.807) is 20.8 Å². The number of likely N-dealkylation sites (tertiary alicyclic amines) is 1. The highest BCUT2D eigenvalue weighted by molar-refractivity contribution is 5.69. The van der Waals surface area contributed by atoms with Crippen molar-refractivity contribution in [1.82, 2.24) is 15.1 Å². The molecule has 1 saturated heterocycles.